The number of hydrogen-bond donors (Lipinski definition) is 1. The fourth-order valence-corrected chi connectivity index (χ4v) is 1.49. The largest absolute Gasteiger partial charge is 0.433 e. The number of aromatic amines is 1. The average molecular weight is 267 g/mol. The van der Waals surface area contributed by atoms with Gasteiger partial charge >= 0.3 is 5.88 Å². The third-order valence-corrected chi connectivity index (χ3v) is 2.39. The summed E-state index contributed by atoms with van der Waals surface area (Å²) >= 11 is 4.99. The van der Waals surface area contributed by atoms with E-state index in [1.807, 2.05) is 6.92 Å². The van der Waals surface area contributed by atoms with E-state index in [-0.39, 0.29) is 11.6 Å². The number of nitrogens with zero attached hydrogens (tertiary/aromatic N) is 4. The maximum absolute atomic E-state index is 10.4. The molecule has 2 heterocycles. The molecule has 0 aliphatic rings. The number of hydrogen-bond acceptors (Lipinski definition) is 6. The van der Waals surface area contributed by atoms with E-state index in [9.17, 15) is 10.1 Å². The molecule has 0 fully saturated rings. The van der Waals surface area contributed by atoms with Crippen molar-refractivity contribution in [3.63, 3.8) is 0 Å². The fourth-order valence-electron chi connectivity index (χ4n) is 1.30. The van der Waals surface area contributed by atoms with Crippen molar-refractivity contribution in [2.45, 2.75) is 13.3 Å². The number of aromatic nitrogens is 3. The molecule has 94 valence electrons. The predicted molar refractivity (Wildman–Crippen MR) is 65.1 cm³/mol. The predicted octanol–water partition coefficient (Wildman–Crippen LogP) is 1.89. The maximum Gasteiger partial charge on any atom is 0.433 e. The van der Waals surface area contributed by atoms with E-state index >= 15 is 0 Å². The van der Waals surface area contributed by atoms with E-state index in [0.29, 0.717) is 17.0 Å². The zero-order chi connectivity index (χ0) is 13.1. The van der Waals surface area contributed by atoms with Crippen LogP contribution in [0.25, 0.3) is 0 Å². The van der Waals surface area contributed by atoms with Gasteiger partial charge in [-0.1, -0.05) is 6.92 Å². The summed E-state index contributed by atoms with van der Waals surface area (Å²) in [5.74, 6) is 0.604. The summed E-state index contributed by atoms with van der Waals surface area (Å²) in [6.07, 6.45) is 2.00. The van der Waals surface area contributed by atoms with Gasteiger partial charge < -0.3 is 4.42 Å². The molecule has 0 aliphatic heterocycles. The molecule has 0 aromatic carbocycles. The van der Waals surface area contributed by atoms with Crippen molar-refractivity contribution >= 4 is 24.3 Å². The van der Waals surface area contributed by atoms with E-state index in [2.05, 4.69) is 15.3 Å². The smallest absolute Gasteiger partial charge is 0.400 e. The first-order valence-electron chi connectivity index (χ1n) is 5.06. The Morgan fingerprint density at radius 3 is 3.11 bits per heavy atom. The molecule has 2 rings (SSSR count). The molecule has 0 atom stereocenters. The van der Waals surface area contributed by atoms with Crippen molar-refractivity contribution in [1.82, 2.24) is 14.9 Å². The lowest BCUT2D eigenvalue weighted by Gasteiger charge is -1.94. The minimum absolute atomic E-state index is 0.270. The molecule has 2 aromatic rings. The highest BCUT2D eigenvalue weighted by Crippen LogP contribution is 2.14. The van der Waals surface area contributed by atoms with Gasteiger partial charge in [-0.3, -0.25) is 15.2 Å². The Balaban J connectivity index is 2.27. The van der Waals surface area contributed by atoms with Gasteiger partial charge in [0.1, 0.15) is 4.92 Å². The van der Waals surface area contributed by atoms with Gasteiger partial charge in [-0.15, -0.1) is 0 Å². The second-order valence-corrected chi connectivity index (χ2v) is 3.67. The van der Waals surface area contributed by atoms with E-state index < -0.39 is 4.92 Å². The number of nitro groups is 1. The lowest BCUT2D eigenvalue weighted by atomic mass is 10.5. The molecule has 2 aromatic heterocycles. The molecule has 0 saturated heterocycles. The zero-order valence-corrected chi connectivity index (χ0v) is 10.2. The highest BCUT2D eigenvalue weighted by Gasteiger charge is 2.10. The molecule has 0 bridgehead atoms. The molecule has 8 nitrogen and oxygen atoms in total. The van der Waals surface area contributed by atoms with Crippen LogP contribution in [0, 0.1) is 14.9 Å². The standard InChI is InChI=1S/C9H9N5O3S/c1-2-7-11-12-9(18)13(7)10-5-6-3-4-8(17-6)14(15)16/h3-5H,2H2,1H3,(H,12,18)/b10-5+. The van der Waals surface area contributed by atoms with Crippen molar-refractivity contribution < 1.29 is 9.34 Å². The van der Waals surface area contributed by atoms with Crippen LogP contribution in [0.3, 0.4) is 0 Å². The Morgan fingerprint density at radius 2 is 2.50 bits per heavy atom. The Hall–Kier alpha value is -2.29. The molecule has 0 radical (unpaired) electrons. The van der Waals surface area contributed by atoms with Crippen LogP contribution < -0.4 is 0 Å². The van der Waals surface area contributed by atoms with Crippen LogP contribution in [0.4, 0.5) is 5.88 Å². The SMILES string of the molecule is CCc1n[nH]c(=S)n1/N=C/c1ccc([N+](=O)[O-])o1. The van der Waals surface area contributed by atoms with E-state index in [1.54, 1.807) is 0 Å². The molecule has 9 heteroatoms. The molecule has 0 unspecified atom stereocenters. The minimum atomic E-state index is -0.613. The minimum Gasteiger partial charge on any atom is -0.400 e. The molecule has 1 N–H and O–H groups in total. The average Bonchev–Trinajstić information content (AvgIpc) is 2.93. The van der Waals surface area contributed by atoms with Crippen LogP contribution in [0.2, 0.25) is 0 Å². The Morgan fingerprint density at radius 1 is 1.72 bits per heavy atom. The highest BCUT2D eigenvalue weighted by atomic mass is 32.1. The Kier molecular flexibility index (Phi) is 3.33. The molecular weight excluding hydrogens is 258 g/mol. The number of aryl methyl sites for hydroxylation is 1. The quantitative estimate of drug-likeness (QED) is 0.394. The lowest BCUT2D eigenvalue weighted by molar-refractivity contribution is -0.402. The first-order chi connectivity index (χ1) is 8.61. The number of H-pyrrole nitrogens is 1. The van der Waals surface area contributed by atoms with E-state index in [4.69, 9.17) is 16.6 Å². The van der Waals surface area contributed by atoms with Gasteiger partial charge in [0, 0.05) is 6.42 Å². The van der Waals surface area contributed by atoms with E-state index in [0.717, 1.165) is 0 Å². The topological polar surface area (TPSA) is 102 Å². The second kappa shape index (κ2) is 4.92. The Bertz CT molecular complexity index is 653. The summed E-state index contributed by atoms with van der Waals surface area (Å²) < 4.78 is 6.72. The maximum atomic E-state index is 10.4. The molecule has 0 aliphatic carbocycles. The first kappa shape index (κ1) is 12.2. The van der Waals surface area contributed by atoms with Crippen molar-refractivity contribution in [3.05, 3.63) is 38.6 Å². The number of nitrogens with one attached hydrogen (secondary N) is 1. The summed E-state index contributed by atoms with van der Waals surface area (Å²) in [7, 11) is 0. The third kappa shape index (κ3) is 2.35. The second-order valence-electron chi connectivity index (χ2n) is 3.29. The normalized spacial score (nSPS) is 11.2. The van der Waals surface area contributed by atoms with Gasteiger partial charge in [0.05, 0.1) is 12.3 Å². The highest BCUT2D eigenvalue weighted by molar-refractivity contribution is 7.71. The van der Waals surface area contributed by atoms with Crippen LogP contribution in [0.1, 0.15) is 18.5 Å². The summed E-state index contributed by atoms with van der Waals surface area (Å²) in [5, 5.41) is 21.1. The van der Waals surface area contributed by atoms with Crippen molar-refractivity contribution in [3.8, 4) is 0 Å². The van der Waals surface area contributed by atoms with Crippen LogP contribution in [-0.2, 0) is 6.42 Å². The molecule has 0 amide bonds. The molecule has 18 heavy (non-hydrogen) atoms. The van der Waals surface area contributed by atoms with E-state index in [1.165, 1.54) is 23.0 Å². The number of furan rings is 1. The first-order valence-corrected chi connectivity index (χ1v) is 5.47. The van der Waals surface area contributed by atoms with Crippen LogP contribution >= 0.6 is 12.2 Å². The zero-order valence-electron chi connectivity index (χ0n) is 9.36. The van der Waals surface area contributed by atoms with Crippen molar-refractivity contribution in [2.75, 3.05) is 0 Å². The van der Waals surface area contributed by atoms with Gasteiger partial charge in [0.25, 0.3) is 0 Å². The number of rotatable bonds is 4. The lowest BCUT2D eigenvalue weighted by Crippen LogP contribution is -1.96. The summed E-state index contributed by atoms with van der Waals surface area (Å²) in [4.78, 5) is 9.82. The third-order valence-electron chi connectivity index (χ3n) is 2.13. The summed E-state index contributed by atoms with van der Waals surface area (Å²) in [6, 6.07) is 2.72. The van der Waals surface area contributed by atoms with Crippen molar-refractivity contribution in [2.24, 2.45) is 5.10 Å². The monoisotopic (exact) mass is 267 g/mol. The summed E-state index contributed by atoms with van der Waals surface area (Å²) in [6.45, 7) is 1.91. The Labute approximate surface area is 106 Å². The molecule has 0 spiro atoms. The van der Waals surface area contributed by atoms with Crippen molar-refractivity contribution in [1.29, 1.82) is 0 Å². The fraction of sp³-hybridized carbons (Fsp3) is 0.222. The van der Waals surface area contributed by atoms with Gasteiger partial charge in [-0.25, -0.2) is 0 Å². The van der Waals surface area contributed by atoms with Crippen LogP contribution in [-0.4, -0.2) is 26.0 Å². The summed E-state index contributed by atoms with van der Waals surface area (Å²) in [5.41, 5.74) is 0. The van der Waals surface area contributed by atoms with Gasteiger partial charge in [-0.05, 0) is 18.3 Å². The molecule has 0 saturated carbocycles. The van der Waals surface area contributed by atoms with Crippen LogP contribution in [0.15, 0.2) is 21.7 Å². The molecular formula is C9H9N5O3S. The van der Waals surface area contributed by atoms with Gasteiger partial charge in [-0.2, -0.15) is 14.9 Å². The van der Waals surface area contributed by atoms with Gasteiger partial charge in [0.2, 0.25) is 4.77 Å². The van der Waals surface area contributed by atoms with Gasteiger partial charge in [0.15, 0.2) is 11.6 Å². The van der Waals surface area contributed by atoms with Crippen LogP contribution in [0.5, 0.6) is 0 Å².